The maximum Gasteiger partial charge on any atom is 0.311 e. The SMILES string of the molecule is CCNc1ccc([N+](=O)[O-])c(NCCc2noc(C)n2)n1. The highest BCUT2D eigenvalue weighted by Gasteiger charge is 2.15. The number of nitrogens with one attached hydrogen (secondary N) is 2. The minimum Gasteiger partial charge on any atom is -0.370 e. The van der Waals surface area contributed by atoms with E-state index in [9.17, 15) is 10.1 Å². The predicted octanol–water partition coefficient (Wildman–Crippen LogP) is 1.77. The number of nitro groups is 1. The molecule has 0 aliphatic heterocycles. The number of pyridine rings is 1. The lowest BCUT2D eigenvalue weighted by atomic mass is 10.3. The summed E-state index contributed by atoms with van der Waals surface area (Å²) in [6, 6.07) is 3.00. The van der Waals surface area contributed by atoms with Crippen molar-refractivity contribution >= 4 is 17.3 Å². The summed E-state index contributed by atoms with van der Waals surface area (Å²) in [4.78, 5) is 18.8. The van der Waals surface area contributed by atoms with Gasteiger partial charge in [-0.1, -0.05) is 5.16 Å². The maximum absolute atomic E-state index is 11.0. The van der Waals surface area contributed by atoms with Gasteiger partial charge in [-0.2, -0.15) is 4.98 Å². The molecule has 9 heteroatoms. The van der Waals surface area contributed by atoms with Crippen LogP contribution < -0.4 is 10.6 Å². The van der Waals surface area contributed by atoms with E-state index < -0.39 is 4.92 Å². The Morgan fingerprint density at radius 2 is 2.14 bits per heavy atom. The molecule has 0 unspecified atom stereocenters. The molecule has 0 saturated heterocycles. The van der Waals surface area contributed by atoms with Crippen molar-refractivity contribution in [2.45, 2.75) is 20.3 Å². The summed E-state index contributed by atoms with van der Waals surface area (Å²) in [5.74, 6) is 1.84. The number of aromatic nitrogens is 3. The quantitative estimate of drug-likeness (QED) is 0.585. The summed E-state index contributed by atoms with van der Waals surface area (Å²) in [6.45, 7) is 4.74. The molecule has 2 heterocycles. The summed E-state index contributed by atoms with van der Waals surface area (Å²) in [5.41, 5.74) is -0.0686. The number of hydrogen-bond donors (Lipinski definition) is 2. The molecule has 9 nitrogen and oxygen atoms in total. The second-order valence-corrected chi connectivity index (χ2v) is 4.26. The Morgan fingerprint density at radius 1 is 1.33 bits per heavy atom. The minimum atomic E-state index is -0.469. The van der Waals surface area contributed by atoms with Crippen LogP contribution in [0.3, 0.4) is 0 Å². The van der Waals surface area contributed by atoms with Crippen molar-refractivity contribution in [3.05, 3.63) is 34.0 Å². The Bertz CT molecular complexity index is 627. The summed E-state index contributed by atoms with van der Waals surface area (Å²) >= 11 is 0. The van der Waals surface area contributed by atoms with E-state index in [2.05, 4.69) is 25.8 Å². The molecule has 0 fully saturated rings. The third-order valence-electron chi connectivity index (χ3n) is 2.64. The highest BCUT2D eigenvalue weighted by molar-refractivity contribution is 5.60. The Hall–Kier alpha value is -2.71. The van der Waals surface area contributed by atoms with Crippen LogP contribution in [0.15, 0.2) is 16.7 Å². The highest BCUT2D eigenvalue weighted by atomic mass is 16.6. The topological polar surface area (TPSA) is 119 Å². The van der Waals surface area contributed by atoms with Gasteiger partial charge in [0.2, 0.25) is 11.7 Å². The van der Waals surface area contributed by atoms with E-state index in [0.29, 0.717) is 37.0 Å². The van der Waals surface area contributed by atoms with Crippen LogP contribution in [0.1, 0.15) is 18.6 Å². The van der Waals surface area contributed by atoms with Crippen LogP contribution in [0.25, 0.3) is 0 Å². The molecule has 0 saturated carbocycles. The fraction of sp³-hybridized carbons (Fsp3) is 0.417. The van der Waals surface area contributed by atoms with Gasteiger partial charge in [0.25, 0.3) is 0 Å². The molecule has 2 aromatic rings. The molecule has 0 amide bonds. The van der Waals surface area contributed by atoms with Crippen molar-refractivity contribution in [2.75, 3.05) is 23.7 Å². The summed E-state index contributed by atoms with van der Waals surface area (Å²) in [7, 11) is 0. The molecule has 0 aromatic carbocycles. The van der Waals surface area contributed by atoms with Gasteiger partial charge in [-0.3, -0.25) is 10.1 Å². The Labute approximate surface area is 120 Å². The van der Waals surface area contributed by atoms with Crippen LogP contribution in [0.4, 0.5) is 17.3 Å². The van der Waals surface area contributed by atoms with Gasteiger partial charge in [0.05, 0.1) is 4.92 Å². The van der Waals surface area contributed by atoms with Crippen molar-refractivity contribution in [2.24, 2.45) is 0 Å². The fourth-order valence-electron chi connectivity index (χ4n) is 1.74. The van der Waals surface area contributed by atoms with E-state index in [0.717, 1.165) is 0 Å². The van der Waals surface area contributed by atoms with E-state index in [4.69, 9.17) is 4.52 Å². The monoisotopic (exact) mass is 292 g/mol. The molecule has 21 heavy (non-hydrogen) atoms. The number of nitrogens with zero attached hydrogens (tertiary/aromatic N) is 4. The average Bonchev–Trinajstić information content (AvgIpc) is 2.85. The lowest BCUT2D eigenvalue weighted by molar-refractivity contribution is -0.384. The van der Waals surface area contributed by atoms with Gasteiger partial charge in [-0.15, -0.1) is 0 Å². The van der Waals surface area contributed by atoms with Crippen LogP contribution in [0, 0.1) is 17.0 Å². The maximum atomic E-state index is 11.0. The van der Waals surface area contributed by atoms with Crippen LogP contribution >= 0.6 is 0 Å². The van der Waals surface area contributed by atoms with Gasteiger partial charge < -0.3 is 15.2 Å². The summed E-state index contributed by atoms with van der Waals surface area (Å²) in [5, 5.41) is 20.7. The van der Waals surface area contributed by atoms with E-state index >= 15 is 0 Å². The molecule has 0 bridgehead atoms. The van der Waals surface area contributed by atoms with Crippen molar-refractivity contribution in [3.8, 4) is 0 Å². The molecule has 0 spiro atoms. The molecule has 112 valence electrons. The number of anilines is 2. The zero-order chi connectivity index (χ0) is 15.2. The lowest BCUT2D eigenvalue weighted by Crippen LogP contribution is -2.10. The Balaban J connectivity index is 2.05. The summed E-state index contributed by atoms with van der Waals surface area (Å²) < 4.78 is 4.86. The Kier molecular flexibility index (Phi) is 4.64. The van der Waals surface area contributed by atoms with Gasteiger partial charge in [0.15, 0.2) is 5.82 Å². The number of hydrogen-bond acceptors (Lipinski definition) is 8. The molecule has 0 aliphatic carbocycles. The first kappa shape index (κ1) is 14.7. The van der Waals surface area contributed by atoms with Gasteiger partial charge >= 0.3 is 5.69 Å². The minimum absolute atomic E-state index is 0.0686. The van der Waals surface area contributed by atoms with Gasteiger partial charge in [-0.25, -0.2) is 4.98 Å². The molecular weight excluding hydrogens is 276 g/mol. The molecule has 0 atom stereocenters. The summed E-state index contributed by atoms with van der Waals surface area (Å²) in [6.07, 6.45) is 0.488. The second-order valence-electron chi connectivity index (χ2n) is 4.26. The molecular formula is C12H16N6O3. The first-order chi connectivity index (χ1) is 10.1. The molecule has 2 rings (SSSR count). The Morgan fingerprint density at radius 3 is 2.76 bits per heavy atom. The molecule has 0 aliphatic rings. The van der Waals surface area contributed by atoms with Crippen LogP contribution in [0.5, 0.6) is 0 Å². The van der Waals surface area contributed by atoms with Crippen molar-refractivity contribution in [3.63, 3.8) is 0 Å². The van der Waals surface area contributed by atoms with E-state index in [1.165, 1.54) is 6.07 Å². The van der Waals surface area contributed by atoms with Gasteiger partial charge in [0.1, 0.15) is 5.82 Å². The highest BCUT2D eigenvalue weighted by Crippen LogP contribution is 2.23. The van der Waals surface area contributed by atoms with Crippen molar-refractivity contribution in [1.82, 2.24) is 15.1 Å². The lowest BCUT2D eigenvalue weighted by Gasteiger charge is -2.08. The zero-order valence-corrected chi connectivity index (χ0v) is 11.8. The van der Waals surface area contributed by atoms with Crippen LogP contribution in [0.2, 0.25) is 0 Å². The predicted molar refractivity (Wildman–Crippen MR) is 76.3 cm³/mol. The third-order valence-corrected chi connectivity index (χ3v) is 2.64. The molecule has 2 N–H and O–H groups in total. The molecule has 0 radical (unpaired) electrons. The molecule has 2 aromatic heterocycles. The first-order valence-corrected chi connectivity index (χ1v) is 6.52. The fourth-order valence-corrected chi connectivity index (χ4v) is 1.74. The largest absolute Gasteiger partial charge is 0.370 e. The van der Waals surface area contributed by atoms with Crippen LogP contribution in [-0.4, -0.2) is 33.1 Å². The van der Waals surface area contributed by atoms with Crippen molar-refractivity contribution in [1.29, 1.82) is 0 Å². The third kappa shape index (κ3) is 3.88. The smallest absolute Gasteiger partial charge is 0.311 e. The average molecular weight is 292 g/mol. The zero-order valence-electron chi connectivity index (χ0n) is 11.8. The van der Waals surface area contributed by atoms with E-state index in [-0.39, 0.29) is 11.5 Å². The van der Waals surface area contributed by atoms with Crippen LogP contribution in [-0.2, 0) is 6.42 Å². The number of rotatable bonds is 7. The first-order valence-electron chi connectivity index (χ1n) is 6.52. The number of aryl methyl sites for hydroxylation is 1. The van der Waals surface area contributed by atoms with Crippen molar-refractivity contribution < 1.29 is 9.45 Å². The standard InChI is InChI=1S/C12H16N6O3/c1-3-13-10-5-4-9(18(19)20)12(16-10)14-7-6-11-15-8(2)21-17-11/h4-5H,3,6-7H2,1-2H3,(H2,13,14,16). The van der Waals surface area contributed by atoms with Gasteiger partial charge in [0, 0.05) is 32.5 Å². The second kappa shape index (κ2) is 6.64. The van der Waals surface area contributed by atoms with Gasteiger partial charge in [-0.05, 0) is 13.0 Å². The van der Waals surface area contributed by atoms with E-state index in [1.807, 2.05) is 6.92 Å². The van der Waals surface area contributed by atoms with E-state index in [1.54, 1.807) is 13.0 Å². The normalized spacial score (nSPS) is 10.4.